The molecule has 0 saturated carbocycles. The van der Waals surface area contributed by atoms with E-state index in [1.54, 1.807) is 18.1 Å². The van der Waals surface area contributed by atoms with Crippen LogP contribution in [0.4, 0.5) is 5.69 Å². The summed E-state index contributed by atoms with van der Waals surface area (Å²) in [5.41, 5.74) is 0.700. The summed E-state index contributed by atoms with van der Waals surface area (Å²) >= 11 is 0. The predicted octanol–water partition coefficient (Wildman–Crippen LogP) is 0.495. The van der Waals surface area contributed by atoms with Gasteiger partial charge in [0.2, 0.25) is 17.7 Å². The van der Waals surface area contributed by atoms with Gasteiger partial charge in [-0.3, -0.25) is 19.3 Å². The van der Waals surface area contributed by atoms with E-state index in [2.05, 4.69) is 11.9 Å². The van der Waals surface area contributed by atoms with Gasteiger partial charge in [-0.1, -0.05) is 18.2 Å². The van der Waals surface area contributed by atoms with Crippen LogP contribution >= 0.6 is 0 Å². The summed E-state index contributed by atoms with van der Waals surface area (Å²) in [4.78, 5) is 42.8. The molecule has 0 bridgehead atoms. The molecule has 3 rings (SSSR count). The molecule has 2 heterocycles. The number of hydrogen-bond donors (Lipinski definition) is 1. The van der Waals surface area contributed by atoms with Crippen molar-refractivity contribution in [2.75, 3.05) is 57.8 Å². The Kier molecular flexibility index (Phi) is 6.87. The third-order valence-corrected chi connectivity index (χ3v) is 5.34. The number of piperazine rings is 1. The lowest BCUT2D eigenvalue weighted by Crippen LogP contribution is -2.52. The van der Waals surface area contributed by atoms with Crippen molar-refractivity contribution in [2.45, 2.75) is 6.42 Å². The summed E-state index contributed by atoms with van der Waals surface area (Å²) in [6, 6.07) is 7.34. The first-order valence-corrected chi connectivity index (χ1v) is 9.85. The summed E-state index contributed by atoms with van der Waals surface area (Å²) in [7, 11) is 1.57. The third-order valence-electron chi connectivity index (χ3n) is 5.34. The molecule has 8 heteroatoms. The summed E-state index contributed by atoms with van der Waals surface area (Å²) in [6.07, 6.45) is 1.85. The largest absolute Gasteiger partial charge is 0.495 e. The zero-order valence-electron chi connectivity index (χ0n) is 16.8. The van der Waals surface area contributed by atoms with Gasteiger partial charge in [0.15, 0.2) is 0 Å². The summed E-state index contributed by atoms with van der Waals surface area (Å²) in [6.45, 7) is 7.13. The van der Waals surface area contributed by atoms with E-state index >= 15 is 0 Å². The second-order valence-electron chi connectivity index (χ2n) is 7.27. The van der Waals surface area contributed by atoms with E-state index < -0.39 is 0 Å². The molecule has 2 aliphatic heterocycles. The Morgan fingerprint density at radius 1 is 1.24 bits per heavy atom. The normalized spacial score (nSPS) is 19.9. The molecule has 1 aromatic carbocycles. The quantitative estimate of drug-likeness (QED) is 0.674. The van der Waals surface area contributed by atoms with E-state index in [9.17, 15) is 14.4 Å². The molecule has 0 aliphatic carbocycles. The van der Waals surface area contributed by atoms with E-state index in [4.69, 9.17) is 4.74 Å². The number of rotatable bonds is 7. The van der Waals surface area contributed by atoms with Crippen molar-refractivity contribution < 1.29 is 19.1 Å². The number of carbonyl (C=O) groups excluding carboxylic acids is 3. The lowest BCUT2D eigenvalue weighted by molar-refractivity contribution is -0.137. The number of ether oxygens (including phenoxy) is 1. The minimum atomic E-state index is -0.352. The molecular formula is C21H28N4O4. The van der Waals surface area contributed by atoms with Gasteiger partial charge < -0.3 is 19.9 Å². The first-order chi connectivity index (χ1) is 14.0. The van der Waals surface area contributed by atoms with E-state index in [1.807, 2.05) is 34.1 Å². The number of para-hydroxylation sites is 2. The van der Waals surface area contributed by atoms with E-state index in [1.165, 1.54) is 0 Å². The van der Waals surface area contributed by atoms with Crippen LogP contribution in [0, 0.1) is 5.92 Å². The molecule has 1 unspecified atom stereocenters. The standard InChI is InChI=1S/C21H28N4O4/c1-3-8-22-19(26)15-23-9-11-24(12-10-23)21(28)16-13-20(27)25(14-16)17-6-4-5-7-18(17)29-2/h3-7,16H,1,8-15H2,2H3,(H,22,26). The van der Waals surface area contributed by atoms with Crippen LogP contribution in [0.15, 0.2) is 36.9 Å². The van der Waals surface area contributed by atoms with Crippen LogP contribution in [0.3, 0.4) is 0 Å². The van der Waals surface area contributed by atoms with Gasteiger partial charge in [-0.15, -0.1) is 6.58 Å². The molecule has 8 nitrogen and oxygen atoms in total. The summed E-state index contributed by atoms with van der Waals surface area (Å²) < 4.78 is 5.35. The van der Waals surface area contributed by atoms with Crippen molar-refractivity contribution in [2.24, 2.45) is 5.92 Å². The molecule has 2 fully saturated rings. The molecule has 2 saturated heterocycles. The molecule has 1 N–H and O–H groups in total. The van der Waals surface area contributed by atoms with Crippen LogP contribution in [-0.2, 0) is 14.4 Å². The average molecular weight is 400 g/mol. The molecule has 0 radical (unpaired) electrons. The van der Waals surface area contributed by atoms with Gasteiger partial charge in [-0.05, 0) is 12.1 Å². The van der Waals surface area contributed by atoms with Gasteiger partial charge in [0, 0.05) is 45.7 Å². The number of amides is 3. The number of carbonyl (C=O) groups is 3. The highest BCUT2D eigenvalue weighted by Crippen LogP contribution is 2.33. The Balaban J connectivity index is 1.53. The lowest BCUT2D eigenvalue weighted by atomic mass is 10.1. The SMILES string of the molecule is C=CCNC(=O)CN1CCN(C(=O)C2CC(=O)N(c3ccccc3OC)C2)CC1. The minimum absolute atomic E-state index is 0.00602. The van der Waals surface area contributed by atoms with Crippen molar-refractivity contribution in [1.82, 2.24) is 15.1 Å². The smallest absolute Gasteiger partial charge is 0.234 e. The van der Waals surface area contributed by atoms with E-state index in [0.717, 1.165) is 0 Å². The molecule has 2 aliphatic rings. The number of hydrogen-bond acceptors (Lipinski definition) is 5. The van der Waals surface area contributed by atoms with Crippen LogP contribution in [0.25, 0.3) is 0 Å². The van der Waals surface area contributed by atoms with Crippen LogP contribution < -0.4 is 15.0 Å². The van der Waals surface area contributed by atoms with Crippen molar-refractivity contribution >= 4 is 23.4 Å². The Bertz CT molecular complexity index is 774. The molecule has 1 aromatic rings. The fourth-order valence-corrected chi connectivity index (χ4v) is 3.79. The Morgan fingerprint density at radius 3 is 2.66 bits per heavy atom. The molecule has 156 valence electrons. The number of anilines is 1. The van der Waals surface area contributed by atoms with Crippen molar-refractivity contribution in [3.8, 4) is 5.75 Å². The molecule has 1 atom stereocenters. The summed E-state index contributed by atoms with van der Waals surface area (Å²) in [5.74, 6) is 0.169. The van der Waals surface area contributed by atoms with Crippen LogP contribution in [0.2, 0.25) is 0 Å². The van der Waals surface area contributed by atoms with Crippen LogP contribution in [-0.4, -0.2) is 80.4 Å². The maximum absolute atomic E-state index is 13.0. The van der Waals surface area contributed by atoms with Crippen LogP contribution in [0.5, 0.6) is 5.75 Å². The minimum Gasteiger partial charge on any atom is -0.495 e. The fourth-order valence-electron chi connectivity index (χ4n) is 3.79. The van der Waals surface area contributed by atoms with Crippen molar-refractivity contribution in [3.05, 3.63) is 36.9 Å². The van der Waals surface area contributed by atoms with Gasteiger partial charge in [-0.25, -0.2) is 0 Å². The first-order valence-electron chi connectivity index (χ1n) is 9.85. The molecule has 0 aromatic heterocycles. The highest BCUT2D eigenvalue weighted by Gasteiger charge is 2.38. The molecule has 29 heavy (non-hydrogen) atoms. The maximum Gasteiger partial charge on any atom is 0.234 e. The fraction of sp³-hybridized carbons (Fsp3) is 0.476. The zero-order valence-corrected chi connectivity index (χ0v) is 16.8. The van der Waals surface area contributed by atoms with Crippen molar-refractivity contribution in [3.63, 3.8) is 0 Å². The molecular weight excluding hydrogens is 372 g/mol. The van der Waals surface area contributed by atoms with Gasteiger partial charge >= 0.3 is 0 Å². The predicted molar refractivity (Wildman–Crippen MR) is 110 cm³/mol. The number of methoxy groups -OCH3 is 1. The Labute approximate surface area is 171 Å². The first kappa shape index (κ1) is 20.9. The van der Waals surface area contributed by atoms with Gasteiger partial charge in [0.05, 0.1) is 25.3 Å². The Morgan fingerprint density at radius 2 is 1.97 bits per heavy atom. The second kappa shape index (κ2) is 9.56. The van der Waals surface area contributed by atoms with Crippen LogP contribution in [0.1, 0.15) is 6.42 Å². The number of nitrogens with zero attached hydrogens (tertiary/aromatic N) is 3. The van der Waals surface area contributed by atoms with E-state index in [-0.39, 0.29) is 30.1 Å². The molecule has 0 spiro atoms. The lowest BCUT2D eigenvalue weighted by Gasteiger charge is -2.35. The summed E-state index contributed by atoms with van der Waals surface area (Å²) in [5, 5.41) is 2.76. The van der Waals surface area contributed by atoms with Gasteiger partial charge in [0.25, 0.3) is 0 Å². The zero-order chi connectivity index (χ0) is 20.8. The highest BCUT2D eigenvalue weighted by molar-refractivity contribution is 6.01. The second-order valence-corrected chi connectivity index (χ2v) is 7.27. The number of nitrogens with one attached hydrogen (secondary N) is 1. The maximum atomic E-state index is 13.0. The third kappa shape index (κ3) is 4.95. The van der Waals surface area contributed by atoms with Gasteiger partial charge in [0.1, 0.15) is 5.75 Å². The monoisotopic (exact) mass is 400 g/mol. The van der Waals surface area contributed by atoms with E-state index in [0.29, 0.717) is 57.3 Å². The Hall–Kier alpha value is -2.87. The topological polar surface area (TPSA) is 82.2 Å². The number of benzene rings is 1. The highest BCUT2D eigenvalue weighted by atomic mass is 16.5. The van der Waals surface area contributed by atoms with Gasteiger partial charge in [-0.2, -0.15) is 0 Å². The average Bonchev–Trinajstić information content (AvgIpc) is 3.13. The van der Waals surface area contributed by atoms with Crippen molar-refractivity contribution in [1.29, 1.82) is 0 Å². The molecule has 3 amide bonds.